The van der Waals surface area contributed by atoms with Crippen LogP contribution in [0.15, 0.2) is 12.3 Å². The molecule has 0 aliphatic heterocycles. The molecule has 1 aromatic rings. The highest BCUT2D eigenvalue weighted by Gasteiger charge is 2.55. The molecule has 4 aliphatic carbocycles. The van der Waals surface area contributed by atoms with Crippen LogP contribution in [-0.4, -0.2) is 58.3 Å². The fourth-order valence-electron chi connectivity index (χ4n) is 5.95. The van der Waals surface area contributed by atoms with Gasteiger partial charge < -0.3 is 25.2 Å². The summed E-state index contributed by atoms with van der Waals surface area (Å²) in [7, 11) is 1.31. The zero-order valence-electron chi connectivity index (χ0n) is 19.9. The Morgan fingerprint density at radius 3 is 2.58 bits per heavy atom. The third kappa shape index (κ3) is 5.18. The third-order valence-corrected chi connectivity index (χ3v) is 7.13. The van der Waals surface area contributed by atoms with Crippen molar-refractivity contribution in [3.63, 3.8) is 0 Å². The second-order valence-corrected chi connectivity index (χ2v) is 10.5. The van der Waals surface area contributed by atoms with Crippen molar-refractivity contribution < 1.29 is 24.2 Å². The fraction of sp³-hybridized carbons (Fsp3) is 0.708. The number of amides is 2. The predicted molar refractivity (Wildman–Crippen MR) is 123 cm³/mol. The lowest BCUT2D eigenvalue weighted by Gasteiger charge is -2.58. The molecule has 3 atom stereocenters. The van der Waals surface area contributed by atoms with Crippen LogP contribution in [-0.2, 0) is 4.74 Å². The van der Waals surface area contributed by atoms with Crippen molar-refractivity contribution in [1.29, 1.82) is 0 Å². The van der Waals surface area contributed by atoms with E-state index in [0.717, 1.165) is 32.1 Å². The smallest absolute Gasteiger partial charge is 0.407 e. The standard InChI is InChI=1S/C24H36N4O5/c1-14(2)13-33-22-19(12-25-28(22)6-5-15(3)26-23(30)32-4)21(29)27-20-17-7-16-8-18(20)11-24(31,9-16)10-17/h5-6,12,14-18,20,31H,7-11,13H2,1-4H3,(H,26,30)(H,27,29)/b6-5+/t15?,16?,17?,18?,20-,24-. The number of nitrogens with one attached hydrogen (secondary N) is 2. The number of carbonyl (C=O) groups is 2. The Labute approximate surface area is 194 Å². The highest BCUT2D eigenvalue weighted by Crippen LogP contribution is 2.55. The molecule has 0 spiro atoms. The van der Waals surface area contributed by atoms with E-state index in [1.54, 1.807) is 19.2 Å². The van der Waals surface area contributed by atoms with Gasteiger partial charge in [-0.1, -0.05) is 13.8 Å². The molecule has 1 aromatic heterocycles. The minimum absolute atomic E-state index is 0.0791. The van der Waals surface area contributed by atoms with Crippen LogP contribution in [0.3, 0.4) is 0 Å². The number of methoxy groups -OCH3 is 1. The normalized spacial score (nSPS) is 31.1. The minimum Gasteiger partial charge on any atom is -0.477 e. The maximum absolute atomic E-state index is 13.3. The Kier molecular flexibility index (Phi) is 6.70. The van der Waals surface area contributed by atoms with E-state index in [1.165, 1.54) is 18.0 Å². The van der Waals surface area contributed by atoms with E-state index in [0.29, 0.717) is 35.8 Å². The van der Waals surface area contributed by atoms with Gasteiger partial charge in [-0.15, -0.1) is 0 Å². The van der Waals surface area contributed by atoms with Gasteiger partial charge in [0.15, 0.2) is 0 Å². The topological polar surface area (TPSA) is 115 Å². The predicted octanol–water partition coefficient (Wildman–Crippen LogP) is 2.80. The first kappa shape index (κ1) is 23.6. The molecule has 9 nitrogen and oxygen atoms in total. The van der Waals surface area contributed by atoms with E-state index in [4.69, 9.17) is 4.74 Å². The number of aromatic nitrogens is 2. The lowest BCUT2D eigenvalue weighted by Crippen LogP contribution is -2.61. The van der Waals surface area contributed by atoms with Crippen LogP contribution in [0, 0.1) is 23.7 Å². The molecule has 3 unspecified atom stereocenters. The van der Waals surface area contributed by atoms with Crippen molar-refractivity contribution in [3.8, 4) is 5.88 Å². The van der Waals surface area contributed by atoms with E-state index in [9.17, 15) is 14.7 Å². The first-order valence-electron chi connectivity index (χ1n) is 11.9. The van der Waals surface area contributed by atoms with Crippen molar-refractivity contribution in [3.05, 3.63) is 17.8 Å². The van der Waals surface area contributed by atoms with Crippen LogP contribution >= 0.6 is 0 Å². The molecule has 0 radical (unpaired) electrons. The maximum Gasteiger partial charge on any atom is 0.407 e. The molecule has 33 heavy (non-hydrogen) atoms. The molecule has 182 valence electrons. The second kappa shape index (κ2) is 9.37. The van der Waals surface area contributed by atoms with E-state index in [1.807, 2.05) is 13.8 Å². The first-order valence-corrected chi connectivity index (χ1v) is 11.9. The summed E-state index contributed by atoms with van der Waals surface area (Å²) in [5.74, 6) is 1.69. The Hall–Kier alpha value is -2.55. The van der Waals surface area contributed by atoms with Gasteiger partial charge in [0.2, 0.25) is 5.88 Å². The zero-order valence-corrected chi connectivity index (χ0v) is 19.9. The summed E-state index contributed by atoms with van der Waals surface area (Å²) in [5.41, 5.74) is -0.144. The van der Waals surface area contributed by atoms with Gasteiger partial charge in [0.05, 0.1) is 25.5 Å². The highest BCUT2D eigenvalue weighted by molar-refractivity contribution is 5.96. The van der Waals surface area contributed by atoms with Gasteiger partial charge in [0.1, 0.15) is 5.56 Å². The van der Waals surface area contributed by atoms with Crippen LogP contribution in [0.25, 0.3) is 6.20 Å². The SMILES string of the molecule is COC(=O)NC(C)/C=C/n1ncc(C(=O)N[C@H]2C3CC4CC2C[C@](O)(C4)C3)c1OCC(C)C. The van der Waals surface area contributed by atoms with Crippen LogP contribution in [0.4, 0.5) is 4.79 Å². The first-order chi connectivity index (χ1) is 15.7. The maximum atomic E-state index is 13.3. The zero-order chi connectivity index (χ0) is 23.8. The molecule has 9 heteroatoms. The molecule has 1 heterocycles. The average molecular weight is 461 g/mol. The van der Waals surface area contributed by atoms with Crippen LogP contribution < -0.4 is 15.4 Å². The van der Waals surface area contributed by atoms with Gasteiger partial charge in [0, 0.05) is 18.3 Å². The molecule has 0 aromatic carbocycles. The number of hydrogen-bond acceptors (Lipinski definition) is 6. The Balaban J connectivity index is 1.49. The number of rotatable bonds is 8. The van der Waals surface area contributed by atoms with Crippen LogP contribution in [0.5, 0.6) is 5.88 Å². The minimum atomic E-state index is -0.534. The quantitative estimate of drug-likeness (QED) is 0.550. The summed E-state index contributed by atoms with van der Waals surface area (Å²) in [6, 6.07) is -0.217. The Morgan fingerprint density at radius 2 is 1.97 bits per heavy atom. The summed E-state index contributed by atoms with van der Waals surface area (Å²) < 4.78 is 12.1. The molecule has 2 amide bonds. The Bertz CT molecular complexity index is 895. The average Bonchev–Trinajstić information content (AvgIpc) is 3.14. The molecule has 5 rings (SSSR count). The molecule has 3 N–H and O–H groups in total. The number of carbonyl (C=O) groups excluding carboxylic acids is 2. The number of alkyl carbamates (subject to hydrolysis) is 1. The number of aliphatic hydroxyl groups is 1. The number of ether oxygens (including phenoxy) is 2. The fourth-order valence-corrected chi connectivity index (χ4v) is 5.95. The van der Waals surface area contributed by atoms with Gasteiger partial charge in [-0.3, -0.25) is 4.79 Å². The van der Waals surface area contributed by atoms with Gasteiger partial charge in [0.25, 0.3) is 5.91 Å². The van der Waals surface area contributed by atoms with Crippen molar-refractivity contribution in [2.75, 3.05) is 13.7 Å². The van der Waals surface area contributed by atoms with E-state index >= 15 is 0 Å². The van der Waals surface area contributed by atoms with Crippen molar-refractivity contribution >= 4 is 18.2 Å². The van der Waals surface area contributed by atoms with Gasteiger partial charge in [-0.25, -0.2) is 9.48 Å². The Morgan fingerprint density at radius 1 is 1.27 bits per heavy atom. The molecule has 4 saturated carbocycles. The van der Waals surface area contributed by atoms with Gasteiger partial charge in [-0.05, 0) is 68.8 Å². The molecular weight excluding hydrogens is 424 g/mol. The summed E-state index contributed by atoms with van der Waals surface area (Å²) in [4.78, 5) is 24.7. The molecule has 0 saturated heterocycles. The second-order valence-electron chi connectivity index (χ2n) is 10.5. The van der Waals surface area contributed by atoms with Crippen LogP contribution in [0.1, 0.15) is 63.2 Å². The highest BCUT2D eigenvalue weighted by atomic mass is 16.5. The van der Waals surface area contributed by atoms with Crippen molar-refractivity contribution in [2.24, 2.45) is 23.7 Å². The van der Waals surface area contributed by atoms with E-state index in [-0.39, 0.29) is 23.9 Å². The van der Waals surface area contributed by atoms with Crippen molar-refractivity contribution in [2.45, 2.75) is 70.6 Å². The van der Waals surface area contributed by atoms with E-state index in [2.05, 4.69) is 20.5 Å². The molecule has 4 fully saturated rings. The summed E-state index contributed by atoms with van der Waals surface area (Å²) in [6.07, 6.45) is 9.03. The van der Waals surface area contributed by atoms with Crippen LogP contribution in [0.2, 0.25) is 0 Å². The number of nitrogens with zero attached hydrogens (tertiary/aromatic N) is 2. The summed E-state index contributed by atoms with van der Waals surface area (Å²) in [6.45, 7) is 6.33. The van der Waals surface area contributed by atoms with E-state index < -0.39 is 11.7 Å². The monoisotopic (exact) mass is 460 g/mol. The third-order valence-electron chi connectivity index (χ3n) is 7.13. The molecular formula is C24H36N4O5. The lowest BCUT2D eigenvalue weighted by molar-refractivity contribution is -0.136. The molecule has 4 bridgehead atoms. The lowest BCUT2D eigenvalue weighted by atomic mass is 9.52. The summed E-state index contributed by atoms with van der Waals surface area (Å²) >= 11 is 0. The van der Waals surface area contributed by atoms with Crippen molar-refractivity contribution in [1.82, 2.24) is 20.4 Å². The molecule has 4 aliphatic rings. The summed E-state index contributed by atoms with van der Waals surface area (Å²) in [5, 5.41) is 21.1. The number of hydrogen-bond donors (Lipinski definition) is 3. The van der Waals surface area contributed by atoms with Gasteiger partial charge >= 0.3 is 6.09 Å². The largest absolute Gasteiger partial charge is 0.477 e. The van der Waals surface area contributed by atoms with Gasteiger partial charge in [-0.2, -0.15) is 5.10 Å².